The summed E-state index contributed by atoms with van der Waals surface area (Å²) in [6.45, 7) is 0.912. The molecule has 0 atom stereocenters. The van der Waals surface area contributed by atoms with E-state index in [2.05, 4.69) is 20.5 Å². The number of ether oxygens (including phenoxy) is 1. The number of nitrogens with zero attached hydrogens (tertiary/aromatic N) is 3. The third-order valence-corrected chi connectivity index (χ3v) is 5.46. The average molecular weight is 476 g/mol. The maximum atomic E-state index is 13.5. The van der Waals surface area contributed by atoms with Crippen LogP contribution in [0.25, 0.3) is 0 Å². The van der Waals surface area contributed by atoms with Gasteiger partial charge in [0.15, 0.2) is 17.3 Å². The molecule has 2 heterocycles. The minimum absolute atomic E-state index is 0.101. The fourth-order valence-electron chi connectivity index (χ4n) is 3.22. The van der Waals surface area contributed by atoms with Crippen molar-refractivity contribution in [1.29, 1.82) is 0 Å². The zero-order valence-electron chi connectivity index (χ0n) is 17.6. The number of hydrogen-bond acceptors (Lipinski definition) is 5. The smallest absolute Gasteiger partial charge is 0.274 e. The molecule has 11 heteroatoms. The van der Waals surface area contributed by atoms with Gasteiger partial charge in [0.05, 0.1) is 17.7 Å². The lowest BCUT2D eigenvalue weighted by molar-refractivity contribution is 0.0728. The number of hydrogen-bond donors (Lipinski definition) is 2. The Bertz CT molecular complexity index is 1180. The highest BCUT2D eigenvalue weighted by molar-refractivity contribution is 6.34. The molecule has 2 amide bonds. The SMILES string of the molecule is COc1ccc(CN(CC2CC2)C(=O)c2cc(NC(=O)c3cc(F)c(F)cc3Cl)[nH]n2)cn1. The van der Waals surface area contributed by atoms with Gasteiger partial charge in [-0.2, -0.15) is 5.10 Å². The molecule has 4 rings (SSSR count). The number of H-pyrrole nitrogens is 1. The van der Waals surface area contributed by atoms with Crippen LogP contribution in [0.5, 0.6) is 5.88 Å². The van der Waals surface area contributed by atoms with Crippen molar-refractivity contribution in [2.45, 2.75) is 19.4 Å². The summed E-state index contributed by atoms with van der Waals surface area (Å²) in [6.07, 6.45) is 3.76. The maximum absolute atomic E-state index is 13.5. The second-order valence-electron chi connectivity index (χ2n) is 7.71. The zero-order valence-corrected chi connectivity index (χ0v) is 18.3. The Morgan fingerprint density at radius 1 is 1.24 bits per heavy atom. The third kappa shape index (κ3) is 5.46. The monoisotopic (exact) mass is 475 g/mol. The van der Waals surface area contributed by atoms with Gasteiger partial charge < -0.3 is 15.0 Å². The molecule has 33 heavy (non-hydrogen) atoms. The second-order valence-corrected chi connectivity index (χ2v) is 8.11. The Balaban J connectivity index is 1.47. The topological polar surface area (TPSA) is 100 Å². The molecule has 1 aliphatic rings. The van der Waals surface area contributed by atoms with Gasteiger partial charge in [-0.05, 0) is 36.5 Å². The first-order valence-corrected chi connectivity index (χ1v) is 10.5. The van der Waals surface area contributed by atoms with Crippen molar-refractivity contribution in [2.75, 3.05) is 19.0 Å². The molecule has 3 aromatic rings. The summed E-state index contributed by atoms with van der Waals surface area (Å²) in [5, 5.41) is 8.77. The highest BCUT2D eigenvalue weighted by Gasteiger charge is 2.28. The summed E-state index contributed by atoms with van der Waals surface area (Å²) in [4.78, 5) is 31.4. The van der Waals surface area contributed by atoms with Crippen LogP contribution in [0, 0.1) is 17.6 Å². The number of pyridine rings is 1. The lowest BCUT2D eigenvalue weighted by Gasteiger charge is -2.21. The maximum Gasteiger partial charge on any atom is 0.274 e. The van der Waals surface area contributed by atoms with Crippen molar-refractivity contribution in [3.8, 4) is 5.88 Å². The molecule has 0 bridgehead atoms. The Hall–Kier alpha value is -3.53. The molecule has 1 aromatic carbocycles. The van der Waals surface area contributed by atoms with Gasteiger partial charge in [-0.25, -0.2) is 13.8 Å². The van der Waals surface area contributed by atoms with E-state index >= 15 is 0 Å². The van der Waals surface area contributed by atoms with Crippen molar-refractivity contribution in [3.05, 3.63) is 70.0 Å². The highest BCUT2D eigenvalue weighted by Crippen LogP contribution is 2.31. The summed E-state index contributed by atoms with van der Waals surface area (Å²) in [6, 6.07) is 6.36. The van der Waals surface area contributed by atoms with Crippen LogP contribution < -0.4 is 10.1 Å². The predicted octanol–water partition coefficient (Wildman–Crippen LogP) is 4.05. The average Bonchev–Trinajstić information content (AvgIpc) is 3.50. The molecule has 0 aliphatic heterocycles. The number of rotatable bonds is 8. The van der Waals surface area contributed by atoms with Gasteiger partial charge >= 0.3 is 0 Å². The fraction of sp³-hybridized carbons (Fsp3) is 0.273. The number of nitrogens with one attached hydrogen (secondary N) is 2. The Morgan fingerprint density at radius 3 is 2.67 bits per heavy atom. The number of carbonyl (C=O) groups is 2. The van der Waals surface area contributed by atoms with E-state index < -0.39 is 17.5 Å². The highest BCUT2D eigenvalue weighted by atomic mass is 35.5. The summed E-state index contributed by atoms with van der Waals surface area (Å²) >= 11 is 5.84. The predicted molar refractivity (Wildman–Crippen MR) is 116 cm³/mol. The molecule has 2 N–H and O–H groups in total. The molecule has 1 saturated carbocycles. The van der Waals surface area contributed by atoms with Crippen LogP contribution in [-0.2, 0) is 6.54 Å². The molecule has 1 aliphatic carbocycles. The second kappa shape index (κ2) is 9.53. The van der Waals surface area contributed by atoms with Crippen molar-refractivity contribution in [1.82, 2.24) is 20.1 Å². The number of anilines is 1. The molecular weight excluding hydrogens is 456 g/mol. The zero-order chi connectivity index (χ0) is 23.5. The quantitative estimate of drug-likeness (QED) is 0.479. The Labute approximate surface area is 192 Å². The lowest BCUT2D eigenvalue weighted by Crippen LogP contribution is -2.32. The molecule has 2 aromatic heterocycles. The standard InChI is InChI=1S/C22H20ClF2N5O3/c1-33-20-5-4-13(9-26-20)11-30(10-12-2-3-12)22(32)18-8-19(29-28-18)27-21(31)14-6-16(24)17(25)7-15(14)23/h4-9,12H,2-3,10-11H2,1H3,(H2,27,28,29,31). The van der Waals surface area contributed by atoms with Gasteiger partial charge in [0.1, 0.15) is 5.82 Å². The van der Waals surface area contributed by atoms with Crippen LogP contribution in [0.15, 0.2) is 36.5 Å². The molecule has 0 saturated heterocycles. The first kappa shape index (κ1) is 22.7. The van der Waals surface area contributed by atoms with E-state index in [1.54, 1.807) is 17.2 Å². The van der Waals surface area contributed by atoms with Crippen LogP contribution >= 0.6 is 11.6 Å². The van der Waals surface area contributed by atoms with Crippen LogP contribution in [0.3, 0.4) is 0 Å². The van der Waals surface area contributed by atoms with Crippen molar-refractivity contribution in [2.24, 2.45) is 5.92 Å². The fourth-order valence-corrected chi connectivity index (χ4v) is 3.46. The molecule has 0 radical (unpaired) electrons. The number of aromatic amines is 1. The van der Waals surface area contributed by atoms with Gasteiger partial charge in [0.2, 0.25) is 5.88 Å². The largest absolute Gasteiger partial charge is 0.481 e. The number of aromatic nitrogens is 3. The van der Waals surface area contributed by atoms with E-state index in [9.17, 15) is 18.4 Å². The number of carbonyl (C=O) groups excluding carboxylic acids is 2. The summed E-state index contributed by atoms with van der Waals surface area (Å²) in [5.41, 5.74) is 0.686. The van der Waals surface area contributed by atoms with Crippen molar-refractivity contribution >= 4 is 29.2 Å². The number of benzene rings is 1. The third-order valence-electron chi connectivity index (χ3n) is 5.14. The van der Waals surface area contributed by atoms with Crippen LogP contribution in [-0.4, -0.2) is 45.6 Å². The molecule has 1 fully saturated rings. The van der Waals surface area contributed by atoms with E-state index in [-0.39, 0.29) is 28.0 Å². The number of methoxy groups -OCH3 is 1. The van der Waals surface area contributed by atoms with Crippen molar-refractivity contribution in [3.63, 3.8) is 0 Å². The van der Waals surface area contributed by atoms with E-state index in [1.807, 2.05) is 6.07 Å². The minimum atomic E-state index is -1.20. The van der Waals surface area contributed by atoms with Gasteiger partial charge in [0, 0.05) is 31.4 Å². The van der Waals surface area contributed by atoms with E-state index in [0.717, 1.165) is 24.5 Å². The molecule has 8 nitrogen and oxygen atoms in total. The van der Waals surface area contributed by atoms with Crippen LogP contribution in [0.1, 0.15) is 39.3 Å². The summed E-state index contributed by atoms with van der Waals surface area (Å²) in [7, 11) is 1.53. The molecule has 0 unspecified atom stereocenters. The normalized spacial score (nSPS) is 13.0. The van der Waals surface area contributed by atoms with E-state index in [1.165, 1.54) is 13.2 Å². The molecule has 0 spiro atoms. The molecule has 172 valence electrons. The number of amides is 2. The molecular formula is C22H20ClF2N5O3. The van der Waals surface area contributed by atoms with Gasteiger partial charge in [-0.3, -0.25) is 14.7 Å². The minimum Gasteiger partial charge on any atom is -0.481 e. The van der Waals surface area contributed by atoms with E-state index in [0.29, 0.717) is 31.0 Å². The summed E-state index contributed by atoms with van der Waals surface area (Å²) in [5.74, 6) is -2.42. The van der Waals surface area contributed by atoms with Gasteiger partial charge in [0.25, 0.3) is 11.8 Å². The first-order valence-electron chi connectivity index (χ1n) is 10.1. The van der Waals surface area contributed by atoms with Gasteiger partial charge in [-0.15, -0.1) is 0 Å². The van der Waals surface area contributed by atoms with Gasteiger partial charge in [-0.1, -0.05) is 17.7 Å². The Morgan fingerprint density at radius 2 is 2.00 bits per heavy atom. The van der Waals surface area contributed by atoms with Crippen molar-refractivity contribution < 1.29 is 23.1 Å². The lowest BCUT2D eigenvalue weighted by atomic mass is 10.2. The van der Waals surface area contributed by atoms with Crippen LogP contribution in [0.4, 0.5) is 14.6 Å². The number of halogens is 3. The first-order chi connectivity index (χ1) is 15.8. The Kier molecular flexibility index (Phi) is 6.55. The van der Waals surface area contributed by atoms with Crippen LogP contribution in [0.2, 0.25) is 5.02 Å². The van der Waals surface area contributed by atoms with E-state index in [4.69, 9.17) is 16.3 Å². The summed E-state index contributed by atoms with van der Waals surface area (Å²) < 4.78 is 31.8.